The summed E-state index contributed by atoms with van der Waals surface area (Å²) in [5, 5.41) is 3.19. The van der Waals surface area contributed by atoms with E-state index < -0.39 is 34.3 Å². The molecule has 0 saturated heterocycles. The first-order valence-corrected chi connectivity index (χ1v) is 18.1. The number of benzene rings is 4. The number of carbonyl (C=O) groups excluding carboxylic acids is 2. The van der Waals surface area contributed by atoms with E-state index in [4.69, 9.17) is 0 Å². The first-order valence-electron chi connectivity index (χ1n) is 15.8. The van der Waals surface area contributed by atoms with Crippen molar-refractivity contribution >= 4 is 43.5 Å². The Hall–Kier alpha value is -4.02. The third kappa shape index (κ3) is 9.08. The summed E-state index contributed by atoms with van der Waals surface area (Å²) < 4.78 is 44.1. The molecular formula is C37H39BrFN3O4S. The van der Waals surface area contributed by atoms with Crippen LogP contribution in [0.25, 0.3) is 0 Å². The van der Waals surface area contributed by atoms with Crippen LogP contribution in [0.15, 0.2) is 112 Å². The van der Waals surface area contributed by atoms with Gasteiger partial charge in [-0.25, -0.2) is 12.8 Å². The van der Waals surface area contributed by atoms with Crippen LogP contribution in [0.2, 0.25) is 0 Å². The molecule has 0 aromatic heterocycles. The van der Waals surface area contributed by atoms with Crippen LogP contribution in [-0.2, 0) is 32.6 Å². The molecule has 2 amide bonds. The summed E-state index contributed by atoms with van der Waals surface area (Å²) in [4.78, 5) is 30.2. The van der Waals surface area contributed by atoms with E-state index in [0.717, 1.165) is 52.0 Å². The molecule has 1 atom stereocenters. The fourth-order valence-electron chi connectivity index (χ4n) is 5.86. The molecule has 0 heterocycles. The first-order chi connectivity index (χ1) is 22.6. The number of aryl methyl sites for hydroxylation is 1. The molecule has 0 spiro atoms. The van der Waals surface area contributed by atoms with Crippen molar-refractivity contribution in [1.82, 2.24) is 10.2 Å². The smallest absolute Gasteiger partial charge is 0.264 e. The Balaban J connectivity index is 1.55. The van der Waals surface area contributed by atoms with Gasteiger partial charge in [0, 0.05) is 23.5 Å². The van der Waals surface area contributed by atoms with Crippen molar-refractivity contribution in [3.8, 4) is 0 Å². The predicted molar refractivity (Wildman–Crippen MR) is 186 cm³/mol. The fourth-order valence-corrected chi connectivity index (χ4v) is 7.54. The molecule has 10 heteroatoms. The Kier molecular flexibility index (Phi) is 11.5. The van der Waals surface area contributed by atoms with Crippen molar-refractivity contribution < 1.29 is 22.4 Å². The van der Waals surface area contributed by atoms with E-state index in [9.17, 15) is 22.4 Å². The summed E-state index contributed by atoms with van der Waals surface area (Å²) in [5.41, 5.74) is 2.66. The highest BCUT2D eigenvalue weighted by Crippen LogP contribution is 2.27. The van der Waals surface area contributed by atoms with Gasteiger partial charge in [0.25, 0.3) is 10.0 Å². The van der Waals surface area contributed by atoms with E-state index in [1.165, 1.54) is 29.2 Å². The molecular weight excluding hydrogens is 681 g/mol. The number of rotatable bonds is 12. The van der Waals surface area contributed by atoms with Crippen molar-refractivity contribution in [3.05, 3.63) is 130 Å². The second-order valence-electron chi connectivity index (χ2n) is 12.0. The van der Waals surface area contributed by atoms with E-state index in [1.807, 2.05) is 37.3 Å². The monoisotopic (exact) mass is 719 g/mol. The molecule has 4 aromatic rings. The van der Waals surface area contributed by atoms with E-state index in [2.05, 4.69) is 21.2 Å². The maximum absolute atomic E-state index is 14.6. The number of halogens is 2. The highest BCUT2D eigenvalue weighted by atomic mass is 79.9. The number of carbonyl (C=O) groups is 2. The number of hydrogen-bond acceptors (Lipinski definition) is 4. The van der Waals surface area contributed by atoms with E-state index in [-0.39, 0.29) is 29.8 Å². The number of nitrogens with zero attached hydrogens (tertiary/aromatic N) is 2. The van der Waals surface area contributed by atoms with E-state index in [1.54, 1.807) is 48.5 Å². The Morgan fingerprint density at radius 2 is 1.49 bits per heavy atom. The average Bonchev–Trinajstić information content (AvgIpc) is 3.07. The van der Waals surface area contributed by atoms with Crippen molar-refractivity contribution in [3.63, 3.8) is 0 Å². The minimum Gasteiger partial charge on any atom is -0.352 e. The van der Waals surface area contributed by atoms with Gasteiger partial charge in [0.15, 0.2) is 0 Å². The van der Waals surface area contributed by atoms with Crippen molar-refractivity contribution in [1.29, 1.82) is 0 Å². The third-order valence-electron chi connectivity index (χ3n) is 8.49. The largest absolute Gasteiger partial charge is 0.352 e. The molecule has 0 radical (unpaired) electrons. The van der Waals surface area contributed by atoms with Crippen molar-refractivity contribution in [2.24, 2.45) is 0 Å². The maximum atomic E-state index is 14.6. The molecule has 0 aliphatic heterocycles. The lowest BCUT2D eigenvalue weighted by Crippen LogP contribution is -2.55. The van der Waals surface area contributed by atoms with Gasteiger partial charge in [0.1, 0.15) is 18.4 Å². The summed E-state index contributed by atoms with van der Waals surface area (Å²) >= 11 is 3.41. The Bertz CT molecular complexity index is 1750. The van der Waals surface area contributed by atoms with Gasteiger partial charge in [-0.2, -0.15) is 0 Å². The SMILES string of the molecule is Cc1ccc(S(=O)(=O)N(CC(=O)N(Cc2ccc(F)cc2)C(Cc2ccccc2)C(=O)NC2CCCCC2)c2ccc(Br)cc2)cc1. The molecule has 7 nitrogen and oxygen atoms in total. The second-order valence-corrected chi connectivity index (χ2v) is 14.8. The summed E-state index contributed by atoms with van der Waals surface area (Å²) in [5.74, 6) is -1.28. The molecule has 5 rings (SSSR count). The lowest BCUT2D eigenvalue weighted by atomic mass is 9.94. The quantitative estimate of drug-likeness (QED) is 0.168. The average molecular weight is 721 g/mol. The Morgan fingerprint density at radius 1 is 0.851 bits per heavy atom. The van der Waals surface area contributed by atoms with Crippen LogP contribution < -0.4 is 9.62 Å². The Morgan fingerprint density at radius 3 is 2.13 bits per heavy atom. The number of hydrogen-bond donors (Lipinski definition) is 1. The van der Waals surface area contributed by atoms with Gasteiger partial charge in [-0.1, -0.05) is 95.4 Å². The molecule has 1 aliphatic rings. The lowest BCUT2D eigenvalue weighted by Gasteiger charge is -2.35. The number of anilines is 1. The lowest BCUT2D eigenvalue weighted by molar-refractivity contribution is -0.140. The number of sulfonamides is 1. The fraction of sp³-hybridized carbons (Fsp3) is 0.297. The van der Waals surface area contributed by atoms with Crippen LogP contribution in [0.5, 0.6) is 0 Å². The van der Waals surface area contributed by atoms with Gasteiger partial charge >= 0.3 is 0 Å². The molecule has 246 valence electrons. The van der Waals surface area contributed by atoms with Crippen molar-refractivity contribution in [2.45, 2.75) is 69.0 Å². The van der Waals surface area contributed by atoms with Gasteiger partial charge in [0.05, 0.1) is 10.6 Å². The third-order valence-corrected chi connectivity index (χ3v) is 10.8. The zero-order valence-electron chi connectivity index (χ0n) is 26.3. The van der Waals surface area contributed by atoms with Crippen LogP contribution >= 0.6 is 15.9 Å². The normalized spacial score (nSPS) is 14.3. The van der Waals surface area contributed by atoms with Crippen molar-refractivity contribution in [2.75, 3.05) is 10.8 Å². The van der Waals surface area contributed by atoms with E-state index >= 15 is 0 Å². The second kappa shape index (κ2) is 15.7. The summed E-state index contributed by atoms with van der Waals surface area (Å²) in [6, 6.07) is 27.4. The summed E-state index contributed by atoms with van der Waals surface area (Å²) in [7, 11) is -4.20. The molecule has 1 fully saturated rings. The molecule has 1 unspecified atom stereocenters. The summed E-state index contributed by atoms with van der Waals surface area (Å²) in [6.45, 7) is 1.29. The van der Waals surface area contributed by atoms with Crippen LogP contribution in [0, 0.1) is 12.7 Å². The number of amides is 2. The number of nitrogens with one attached hydrogen (secondary N) is 1. The molecule has 1 aliphatic carbocycles. The minimum atomic E-state index is -4.20. The Labute approximate surface area is 285 Å². The predicted octanol–water partition coefficient (Wildman–Crippen LogP) is 7.18. The summed E-state index contributed by atoms with van der Waals surface area (Å²) in [6.07, 6.45) is 5.10. The zero-order chi connectivity index (χ0) is 33.4. The molecule has 1 N–H and O–H groups in total. The van der Waals surface area contributed by atoms with Crippen LogP contribution in [0.3, 0.4) is 0 Å². The van der Waals surface area contributed by atoms with Gasteiger partial charge in [-0.15, -0.1) is 0 Å². The van der Waals surface area contributed by atoms with Gasteiger partial charge < -0.3 is 10.2 Å². The molecule has 4 aromatic carbocycles. The van der Waals surface area contributed by atoms with Gasteiger partial charge in [-0.05, 0) is 79.4 Å². The standard InChI is InChI=1S/C37H39BrFN3O4S/c1-27-12-22-34(23-13-27)47(45,46)42(33-20-16-30(38)17-21-33)26-36(43)41(25-29-14-18-31(39)19-15-29)35(24-28-8-4-2-5-9-28)37(44)40-32-10-6-3-7-11-32/h2,4-5,8-9,12-23,32,35H,3,6-7,10-11,24-26H2,1H3,(H,40,44). The molecule has 47 heavy (non-hydrogen) atoms. The van der Waals surface area contributed by atoms with Gasteiger partial charge in [0.2, 0.25) is 11.8 Å². The maximum Gasteiger partial charge on any atom is 0.264 e. The molecule has 1 saturated carbocycles. The van der Waals surface area contributed by atoms with E-state index in [0.29, 0.717) is 11.3 Å². The highest BCUT2D eigenvalue weighted by molar-refractivity contribution is 9.10. The topological polar surface area (TPSA) is 86.8 Å². The van der Waals surface area contributed by atoms with Crippen LogP contribution in [0.1, 0.15) is 48.8 Å². The van der Waals surface area contributed by atoms with Gasteiger partial charge in [-0.3, -0.25) is 13.9 Å². The first kappa shape index (κ1) is 34.3. The zero-order valence-corrected chi connectivity index (χ0v) is 28.7. The highest BCUT2D eigenvalue weighted by Gasteiger charge is 2.35. The van der Waals surface area contributed by atoms with Crippen LogP contribution in [-0.4, -0.2) is 43.8 Å². The molecule has 0 bridgehead atoms. The minimum absolute atomic E-state index is 0.00141. The van der Waals surface area contributed by atoms with Crippen LogP contribution in [0.4, 0.5) is 10.1 Å².